The van der Waals surface area contributed by atoms with Crippen LogP contribution in [0, 0.1) is 6.92 Å². The van der Waals surface area contributed by atoms with Crippen LogP contribution in [0.1, 0.15) is 40.4 Å². The van der Waals surface area contributed by atoms with Gasteiger partial charge in [-0.25, -0.2) is 4.68 Å². The van der Waals surface area contributed by atoms with Gasteiger partial charge in [0.15, 0.2) is 0 Å². The summed E-state index contributed by atoms with van der Waals surface area (Å²) in [7, 11) is 0. The van der Waals surface area contributed by atoms with E-state index < -0.39 is 0 Å². The SMILES string of the molecule is Cc1ccccc1NC(=O)c1cnn(-c2ccc(Cl)cc2)c1C1CCNCC1.Cl. The zero-order valence-corrected chi connectivity index (χ0v) is 17.8. The van der Waals surface area contributed by atoms with Crippen LogP contribution in [-0.2, 0) is 0 Å². The highest BCUT2D eigenvalue weighted by atomic mass is 35.5. The number of anilines is 1. The number of aromatic nitrogens is 2. The summed E-state index contributed by atoms with van der Waals surface area (Å²) in [6.07, 6.45) is 3.63. The Morgan fingerprint density at radius 2 is 1.83 bits per heavy atom. The van der Waals surface area contributed by atoms with Gasteiger partial charge in [-0.3, -0.25) is 4.79 Å². The number of hydrogen-bond acceptors (Lipinski definition) is 3. The molecule has 0 aliphatic carbocycles. The number of nitrogens with one attached hydrogen (secondary N) is 2. The molecule has 1 aliphatic rings. The number of nitrogens with zero attached hydrogens (tertiary/aromatic N) is 2. The lowest BCUT2D eigenvalue weighted by Gasteiger charge is -2.24. The topological polar surface area (TPSA) is 59.0 Å². The van der Waals surface area contributed by atoms with Crippen molar-refractivity contribution in [2.45, 2.75) is 25.7 Å². The molecule has 3 aromatic rings. The van der Waals surface area contributed by atoms with Crippen LogP contribution in [-0.4, -0.2) is 28.8 Å². The molecule has 0 saturated carbocycles. The highest BCUT2D eigenvalue weighted by Gasteiger charge is 2.27. The van der Waals surface area contributed by atoms with Gasteiger partial charge >= 0.3 is 0 Å². The van der Waals surface area contributed by atoms with Gasteiger partial charge in [0, 0.05) is 16.6 Å². The zero-order chi connectivity index (χ0) is 19.5. The molecule has 0 unspecified atom stereocenters. The van der Waals surface area contributed by atoms with E-state index >= 15 is 0 Å². The summed E-state index contributed by atoms with van der Waals surface area (Å²) in [5.41, 5.74) is 4.36. The summed E-state index contributed by atoms with van der Waals surface area (Å²) in [4.78, 5) is 13.1. The van der Waals surface area contributed by atoms with Crippen molar-refractivity contribution in [2.75, 3.05) is 18.4 Å². The number of halogens is 2. The van der Waals surface area contributed by atoms with Crippen LogP contribution in [0.4, 0.5) is 5.69 Å². The van der Waals surface area contributed by atoms with Crippen molar-refractivity contribution in [3.05, 3.63) is 76.6 Å². The van der Waals surface area contributed by atoms with Gasteiger partial charge in [0.05, 0.1) is 23.1 Å². The lowest BCUT2D eigenvalue weighted by atomic mass is 9.91. The Morgan fingerprint density at radius 1 is 1.14 bits per heavy atom. The fourth-order valence-corrected chi connectivity index (χ4v) is 3.84. The summed E-state index contributed by atoms with van der Waals surface area (Å²) < 4.78 is 1.89. The molecule has 0 spiro atoms. The number of hydrogen-bond donors (Lipinski definition) is 2. The summed E-state index contributed by atoms with van der Waals surface area (Å²) in [5.74, 6) is 0.153. The van der Waals surface area contributed by atoms with E-state index in [0.29, 0.717) is 10.6 Å². The van der Waals surface area contributed by atoms with E-state index in [0.717, 1.165) is 48.6 Å². The van der Waals surface area contributed by atoms with E-state index in [1.165, 1.54) is 0 Å². The first-order valence-electron chi connectivity index (χ1n) is 9.55. The van der Waals surface area contributed by atoms with Crippen LogP contribution in [0.3, 0.4) is 0 Å². The first-order valence-corrected chi connectivity index (χ1v) is 9.93. The Labute approximate surface area is 181 Å². The molecule has 2 heterocycles. The molecule has 1 aromatic heterocycles. The lowest BCUT2D eigenvalue weighted by molar-refractivity contribution is 0.102. The largest absolute Gasteiger partial charge is 0.322 e. The minimum atomic E-state index is -0.122. The monoisotopic (exact) mass is 430 g/mol. The normalized spacial score (nSPS) is 14.3. The highest BCUT2D eigenvalue weighted by Crippen LogP contribution is 2.31. The summed E-state index contributed by atoms with van der Waals surface area (Å²) in [5, 5.41) is 11.7. The minimum Gasteiger partial charge on any atom is -0.322 e. The van der Waals surface area contributed by atoms with E-state index in [4.69, 9.17) is 11.6 Å². The third-order valence-electron chi connectivity index (χ3n) is 5.24. The number of benzene rings is 2. The average molecular weight is 431 g/mol. The molecule has 1 saturated heterocycles. The standard InChI is InChI=1S/C22H23ClN4O.ClH/c1-15-4-2-3-5-20(15)26-22(28)19-14-25-27(18-8-6-17(23)7-9-18)21(19)16-10-12-24-13-11-16;/h2-9,14,16,24H,10-13H2,1H3,(H,26,28);1H. The fourth-order valence-electron chi connectivity index (χ4n) is 3.71. The Hall–Kier alpha value is -2.34. The second kappa shape index (κ2) is 9.44. The maximum atomic E-state index is 13.1. The third kappa shape index (κ3) is 4.64. The van der Waals surface area contributed by atoms with Gasteiger partial charge in [0.2, 0.25) is 0 Å². The van der Waals surface area contributed by atoms with Crippen LogP contribution < -0.4 is 10.6 Å². The second-order valence-electron chi connectivity index (χ2n) is 7.13. The van der Waals surface area contributed by atoms with Gasteiger partial charge in [-0.2, -0.15) is 5.10 Å². The number of piperidine rings is 1. The predicted octanol–water partition coefficient (Wildman–Crippen LogP) is 4.98. The Bertz CT molecular complexity index is 979. The molecule has 1 amide bonds. The van der Waals surface area contributed by atoms with Gasteiger partial charge in [-0.15, -0.1) is 12.4 Å². The molecule has 152 valence electrons. The van der Waals surface area contributed by atoms with E-state index in [-0.39, 0.29) is 24.2 Å². The van der Waals surface area contributed by atoms with Crippen molar-refractivity contribution in [3.63, 3.8) is 0 Å². The number of rotatable bonds is 4. The number of amides is 1. The minimum absolute atomic E-state index is 0. The molecular weight excluding hydrogens is 407 g/mol. The summed E-state index contributed by atoms with van der Waals surface area (Å²) in [6.45, 7) is 3.87. The quantitative estimate of drug-likeness (QED) is 0.613. The average Bonchev–Trinajstić information content (AvgIpc) is 3.16. The molecular formula is C22H24Cl2N4O. The molecule has 2 N–H and O–H groups in total. The van der Waals surface area contributed by atoms with Gasteiger partial charge in [-0.1, -0.05) is 29.8 Å². The Balaban J connectivity index is 0.00000240. The Morgan fingerprint density at radius 3 is 2.52 bits per heavy atom. The fraction of sp³-hybridized carbons (Fsp3) is 0.273. The molecule has 0 bridgehead atoms. The third-order valence-corrected chi connectivity index (χ3v) is 5.49. The number of carbonyl (C=O) groups is 1. The van der Waals surface area contributed by atoms with Crippen LogP contribution in [0.25, 0.3) is 5.69 Å². The van der Waals surface area contributed by atoms with Gasteiger partial charge < -0.3 is 10.6 Å². The smallest absolute Gasteiger partial charge is 0.259 e. The van der Waals surface area contributed by atoms with Crippen LogP contribution in [0.5, 0.6) is 0 Å². The number of para-hydroxylation sites is 1. The zero-order valence-electron chi connectivity index (χ0n) is 16.2. The van der Waals surface area contributed by atoms with Crippen molar-refractivity contribution < 1.29 is 4.79 Å². The highest BCUT2D eigenvalue weighted by molar-refractivity contribution is 6.30. The van der Waals surface area contributed by atoms with Crippen LogP contribution in [0.2, 0.25) is 5.02 Å². The molecule has 0 radical (unpaired) electrons. The molecule has 1 fully saturated rings. The van der Waals surface area contributed by atoms with E-state index in [9.17, 15) is 4.79 Å². The van der Waals surface area contributed by atoms with Crippen LogP contribution in [0.15, 0.2) is 54.7 Å². The van der Waals surface area contributed by atoms with Gasteiger partial charge in [-0.05, 0) is 68.8 Å². The Kier molecular flexibility index (Phi) is 6.96. The van der Waals surface area contributed by atoms with Gasteiger partial charge in [0.1, 0.15) is 0 Å². The molecule has 29 heavy (non-hydrogen) atoms. The molecule has 5 nitrogen and oxygen atoms in total. The first kappa shape index (κ1) is 21.4. The van der Waals surface area contributed by atoms with Crippen molar-refractivity contribution in [1.29, 1.82) is 0 Å². The second-order valence-corrected chi connectivity index (χ2v) is 7.56. The van der Waals surface area contributed by atoms with Crippen molar-refractivity contribution in [1.82, 2.24) is 15.1 Å². The molecule has 4 rings (SSSR count). The van der Waals surface area contributed by atoms with E-state index in [2.05, 4.69) is 15.7 Å². The van der Waals surface area contributed by atoms with Crippen LogP contribution >= 0.6 is 24.0 Å². The number of carbonyl (C=O) groups excluding carboxylic acids is 1. The molecule has 2 aromatic carbocycles. The maximum absolute atomic E-state index is 13.1. The van der Waals surface area contributed by atoms with Crippen molar-refractivity contribution in [3.8, 4) is 5.69 Å². The maximum Gasteiger partial charge on any atom is 0.259 e. The summed E-state index contributed by atoms with van der Waals surface area (Å²) in [6, 6.07) is 15.3. The van der Waals surface area contributed by atoms with Crippen molar-refractivity contribution in [2.24, 2.45) is 0 Å². The molecule has 1 aliphatic heterocycles. The van der Waals surface area contributed by atoms with Gasteiger partial charge in [0.25, 0.3) is 5.91 Å². The predicted molar refractivity (Wildman–Crippen MR) is 120 cm³/mol. The molecule has 7 heteroatoms. The van der Waals surface area contributed by atoms with E-state index in [1.54, 1.807) is 6.20 Å². The first-order chi connectivity index (χ1) is 13.6. The molecule has 0 atom stereocenters. The van der Waals surface area contributed by atoms with E-state index in [1.807, 2.05) is 60.1 Å². The van der Waals surface area contributed by atoms with Crippen molar-refractivity contribution >= 4 is 35.6 Å². The summed E-state index contributed by atoms with van der Waals surface area (Å²) >= 11 is 6.05. The lowest BCUT2D eigenvalue weighted by Crippen LogP contribution is -2.29. The number of aryl methyl sites for hydroxylation is 1.